The topological polar surface area (TPSA) is 32.7 Å². The molecule has 0 amide bonds. The van der Waals surface area contributed by atoms with Gasteiger partial charge in [-0.25, -0.2) is 0 Å². The fourth-order valence-corrected chi connectivity index (χ4v) is 4.60. The van der Waals surface area contributed by atoms with E-state index in [9.17, 15) is 5.11 Å². The molecule has 0 unspecified atom stereocenters. The van der Waals surface area contributed by atoms with Crippen molar-refractivity contribution in [2.75, 3.05) is 26.2 Å². The van der Waals surface area contributed by atoms with Gasteiger partial charge in [-0.1, -0.05) is 34.6 Å². The van der Waals surface area contributed by atoms with Crippen molar-refractivity contribution >= 4 is 0 Å². The molecule has 0 aromatic carbocycles. The summed E-state index contributed by atoms with van der Waals surface area (Å²) in [5.74, 6) is 0.827. The first-order valence-electron chi connectivity index (χ1n) is 8.87. The number of aliphatic hydroxyl groups is 1. The molecular weight excluding hydrogens is 262 g/mol. The van der Waals surface area contributed by atoms with Crippen LogP contribution in [0.5, 0.6) is 0 Å². The second-order valence-corrected chi connectivity index (χ2v) is 7.90. The number of ether oxygens (including phenoxy) is 1. The Bertz CT molecular complexity index is 340. The maximum Gasteiger partial charge on any atom is 0.0689 e. The second kappa shape index (κ2) is 6.55. The SMILES string of the molecule is CCN(CC)C[C@@H](O)CCO[C@H]1C[C@@H]2CC[C@]1(C)C2(C)C. The van der Waals surface area contributed by atoms with Crippen LogP contribution in [0.3, 0.4) is 0 Å². The Kier molecular flexibility index (Phi) is 5.38. The van der Waals surface area contributed by atoms with Crippen molar-refractivity contribution in [2.24, 2.45) is 16.7 Å². The lowest BCUT2D eigenvalue weighted by Crippen LogP contribution is -2.38. The van der Waals surface area contributed by atoms with Gasteiger partial charge in [-0.2, -0.15) is 0 Å². The van der Waals surface area contributed by atoms with E-state index in [4.69, 9.17) is 4.74 Å². The van der Waals surface area contributed by atoms with Crippen LogP contribution in [0.1, 0.15) is 60.3 Å². The predicted molar refractivity (Wildman–Crippen MR) is 87.4 cm³/mol. The molecule has 2 aliphatic rings. The molecular formula is C18H35NO2. The van der Waals surface area contributed by atoms with E-state index in [0.717, 1.165) is 32.0 Å². The van der Waals surface area contributed by atoms with Gasteiger partial charge < -0.3 is 14.7 Å². The lowest BCUT2D eigenvalue weighted by molar-refractivity contribution is -0.0562. The minimum absolute atomic E-state index is 0.260. The summed E-state index contributed by atoms with van der Waals surface area (Å²) >= 11 is 0. The van der Waals surface area contributed by atoms with E-state index in [1.807, 2.05) is 0 Å². The zero-order valence-corrected chi connectivity index (χ0v) is 14.7. The minimum Gasteiger partial charge on any atom is -0.392 e. The first-order chi connectivity index (χ1) is 9.85. The zero-order valence-electron chi connectivity index (χ0n) is 14.7. The molecule has 2 saturated carbocycles. The van der Waals surface area contributed by atoms with Gasteiger partial charge in [0.15, 0.2) is 0 Å². The van der Waals surface area contributed by atoms with E-state index in [0.29, 0.717) is 23.5 Å². The Hall–Kier alpha value is -0.120. The van der Waals surface area contributed by atoms with E-state index in [1.165, 1.54) is 19.3 Å². The van der Waals surface area contributed by atoms with Crippen LogP contribution < -0.4 is 0 Å². The van der Waals surface area contributed by atoms with Crippen LogP contribution in [0.15, 0.2) is 0 Å². The number of fused-ring (bicyclic) bond motifs is 2. The maximum atomic E-state index is 10.1. The van der Waals surface area contributed by atoms with Crippen LogP contribution in [0.2, 0.25) is 0 Å². The van der Waals surface area contributed by atoms with Gasteiger partial charge in [0.05, 0.1) is 12.2 Å². The summed E-state index contributed by atoms with van der Waals surface area (Å²) in [6.45, 7) is 15.0. The van der Waals surface area contributed by atoms with E-state index in [2.05, 4.69) is 39.5 Å². The first kappa shape index (κ1) is 17.2. The van der Waals surface area contributed by atoms with Gasteiger partial charge in [-0.3, -0.25) is 0 Å². The van der Waals surface area contributed by atoms with Crippen LogP contribution in [0.25, 0.3) is 0 Å². The Labute approximate surface area is 131 Å². The summed E-state index contributed by atoms with van der Waals surface area (Å²) in [6, 6.07) is 0. The third kappa shape index (κ3) is 3.16. The molecule has 0 heterocycles. The van der Waals surface area contributed by atoms with Crippen molar-refractivity contribution in [3.05, 3.63) is 0 Å². The molecule has 3 heteroatoms. The van der Waals surface area contributed by atoms with E-state index in [-0.39, 0.29) is 6.10 Å². The average Bonchev–Trinajstić information content (AvgIpc) is 2.78. The largest absolute Gasteiger partial charge is 0.392 e. The highest BCUT2D eigenvalue weighted by molar-refractivity contribution is 5.11. The molecule has 0 aromatic rings. The van der Waals surface area contributed by atoms with E-state index in [1.54, 1.807) is 0 Å². The van der Waals surface area contributed by atoms with Crippen LogP contribution in [-0.4, -0.2) is 48.5 Å². The summed E-state index contributed by atoms with van der Waals surface area (Å²) in [6.07, 6.45) is 4.78. The van der Waals surface area contributed by atoms with Gasteiger partial charge >= 0.3 is 0 Å². The summed E-state index contributed by atoms with van der Waals surface area (Å²) in [5, 5.41) is 10.1. The van der Waals surface area contributed by atoms with Crippen molar-refractivity contribution in [3.63, 3.8) is 0 Å². The second-order valence-electron chi connectivity index (χ2n) is 7.90. The molecule has 124 valence electrons. The number of likely N-dealkylation sites (N-methyl/N-ethyl adjacent to an activating group) is 1. The molecule has 2 aliphatic carbocycles. The van der Waals surface area contributed by atoms with Crippen LogP contribution >= 0.6 is 0 Å². The number of hydrogen-bond acceptors (Lipinski definition) is 3. The van der Waals surface area contributed by atoms with Gasteiger partial charge in [-0.05, 0) is 55.5 Å². The summed E-state index contributed by atoms with van der Waals surface area (Å²) < 4.78 is 6.22. The summed E-state index contributed by atoms with van der Waals surface area (Å²) in [4.78, 5) is 2.27. The summed E-state index contributed by atoms with van der Waals surface area (Å²) in [5.41, 5.74) is 0.749. The van der Waals surface area contributed by atoms with Crippen molar-refractivity contribution in [1.29, 1.82) is 0 Å². The smallest absolute Gasteiger partial charge is 0.0689 e. The Morgan fingerprint density at radius 1 is 1.24 bits per heavy atom. The third-order valence-corrected chi connectivity index (χ3v) is 6.85. The van der Waals surface area contributed by atoms with Gasteiger partial charge in [0.2, 0.25) is 0 Å². The lowest BCUT2D eigenvalue weighted by atomic mass is 9.70. The molecule has 0 radical (unpaired) electrons. The predicted octanol–water partition coefficient (Wildman–Crippen LogP) is 3.31. The molecule has 0 aromatic heterocycles. The molecule has 0 spiro atoms. The molecule has 4 atom stereocenters. The zero-order chi connectivity index (χ0) is 15.7. The Morgan fingerprint density at radius 2 is 1.90 bits per heavy atom. The van der Waals surface area contributed by atoms with Crippen LogP contribution in [0.4, 0.5) is 0 Å². The summed E-state index contributed by atoms with van der Waals surface area (Å²) in [7, 11) is 0. The van der Waals surface area contributed by atoms with E-state index < -0.39 is 0 Å². The van der Waals surface area contributed by atoms with Crippen molar-refractivity contribution in [1.82, 2.24) is 4.90 Å². The quantitative estimate of drug-likeness (QED) is 0.746. The first-order valence-corrected chi connectivity index (χ1v) is 8.87. The molecule has 1 N–H and O–H groups in total. The average molecular weight is 297 g/mol. The van der Waals surface area contributed by atoms with Gasteiger partial charge in [0.25, 0.3) is 0 Å². The van der Waals surface area contributed by atoms with Gasteiger partial charge in [0.1, 0.15) is 0 Å². The molecule has 0 saturated heterocycles. The number of hydrogen-bond donors (Lipinski definition) is 1. The maximum absolute atomic E-state index is 10.1. The number of aliphatic hydroxyl groups excluding tert-OH is 1. The van der Waals surface area contributed by atoms with E-state index >= 15 is 0 Å². The molecule has 2 bridgehead atoms. The highest BCUT2D eigenvalue weighted by atomic mass is 16.5. The Morgan fingerprint density at radius 3 is 2.38 bits per heavy atom. The lowest BCUT2D eigenvalue weighted by Gasteiger charge is -2.39. The van der Waals surface area contributed by atoms with Gasteiger partial charge in [-0.15, -0.1) is 0 Å². The molecule has 2 fully saturated rings. The van der Waals surface area contributed by atoms with Crippen LogP contribution in [0, 0.1) is 16.7 Å². The highest BCUT2D eigenvalue weighted by Gasteiger charge is 2.61. The fraction of sp³-hybridized carbons (Fsp3) is 1.00. The molecule has 2 rings (SSSR count). The van der Waals surface area contributed by atoms with Crippen molar-refractivity contribution < 1.29 is 9.84 Å². The van der Waals surface area contributed by atoms with Crippen molar-refractivity contribution in [3.8, 4) is 0 Å². The monoisotopic (exact) mass is 297 g/mol. The molecule has 0 aliphatic heterocycles. The van der Waals surface area contributed by atoms with Crippen molar-refractivity contribution in [2.45, 2.75) is 72.5 Å². The standard InChI is InChI=1S/C18H35NO2/c1-6-19(7-2)13-15(20)9-11-21-16-12-14-8-10-18(16,5)17(14,3)4/h14-16,20H,6-13H2,1-5H3/t14-,15-,16-,18-/m0/s1. The molecule has 3 nitrogen and oxygen atoms in total. The normalized spacial score (nSPS) is 35.6. The highest BCUT2D eigenvalue weighted by Crippen LogP contribution is 2.66. The van der Waals surface area contributed by atoms with Gasteiger partial charge in [0, 0.05) is 13.2 Å². The Balaban J connectivity index is 1.75. The minimum atomic E-state index is -0.260. The third-order valence-electron chi connectivity index (χ3n) is 6.85. The number of rotatable bonds is 8. The number of nitrogens with zero attached hydrogens (tertiary/aromatic N) is 1. The fourth-order valence-electron chi connectivity index (χ4n) is 4.60. The van der Waals surface area contributed by atoms with Crippen LogP contribution in [-0.2, 0) is 4.74 Å². The molecule has 21 heavy (non-hydrogen) atoms.